The largest absolute Gasteiger partial charge is 0.316 e. The molecule has 0 saturated heterocycles. The molecule has 0 radical (unpaired) electrons. The molecule has 0 rings (SSSR count). The summed E-state index contributed by atoms with van der Waals surface area (Å²) in [6.07, 6.45) is 5.69. The summed E-state index contributed by atoms with van der Waals surface area (Å²) in [5.41, 5.74) is 0. The summed E-state index contributed by atoms with van der Waals surface area (Å²) in [7, 11) is 0. The monoisotopic (exact) mass is 155 g/mol. The summed E-state index contributed by atoms with van der Waals surface area (Å²) in [4.78, 5) is 0. The van der Waals surface area contributed by atoms with E-state index in [4.69, 9.17) is 0 Å². The average molecular weight is 155 g/mol. The van der Waals surface area contributed by atoms with E-state index in [-0.39, 0.29) is 0 Å². The third-order valence-electron chi connectivity index (χ3n) is 1.77. The Kier molecular flexibility index (Phi) is 7.59. The SMILES string of the molecule is C=CCC(C)CNCCCC. The van der Waals surface area contributed by atoms with Crippen LogP contribution in [0.1, 0.15) is 33.1 Å². The molecule has 66 valence electrons. The van der Waals surface area contributed by atoms with Gasteiger partial charge in [0.15, 0.2) is 0 Å². The Labute approximate surface area is 70.9 Å². The molecule has 0 saturated carbocycles. The zero-order valence-corrected chi connectivity index (χ0v) is 7.90. The second-order valence-corrected chi connectivity index (χ2v) is 3.19. The summed E-state index contributed by atoms with van der Waals surface area (Å²) in [6.45, 7) is 10.5. The van der Waals surface area contributed by atoms with E-state index in [1.54, 1.807) is 0 Å². The van der Waals surface area contributed by atoms with Gasteiger partial charge in [-0.05, 0) is 31.8 Å². The highest BCUT2D eigenvalue weighted by Crippen LogP contribution is 1.99. The third-order valence-corrected chi connectivity index (χ3v) is 1.77. The van der Waals surface area contributed by atoms with Crippen LogP contribution in [0.5, 0.6) is 0 Å². The van der Waals surface area contributed by atoms with Crippen molar-refractivity contribution in [3.05, 3.63) is 12.7 Å². The van der Waals surface area contributed by atoms with E-state index >= 15 is 0 Å². The van der Waals surface area contributed by atoms with Crippen LogP contribution in [0.3, 0.4) is 0 Å². The summed E-state index contributed by atoms with van der Waals surface area (Å²) < 4.78 is 0. The van der Waals surface area contributed by atoms with Gasteiger partial charge in [0, 0.05) is 0 Å². The van der Waals surface area contributed by atoms with E-state index < -0.39 is 0 Å². The minimum absolute atomic E-state index is 0.740. The molecule has 0 amide bonds. The van der Waals surface area contributed by atoms with Gasteiger partial charge in [-0.3, -0.25) is 0 Å². The van der Waals surface area contributed by atoms with Crippen LogP contribution in [-0.4, -0.2) is 13.1 Å². The highest BCUT2D eigenvalue weighted by Gasteiger charge is 1.96. The Bertz CT molecular complexity index is 88.9. The van der Waals surface area contributed by atoms with Crippen molar-refractivity contribution in [2.45, 2.75) is 33.1 Å². The van der Waals surface area contributed by atoms with Crippen molar-refractivity contribution in [3.63, 3.8) is 0 Å². The predicted octanol–water partition coefficient (Wildman–Crippen LogP) is 2.59. The van der Waals surface area contributed by atoms with Gasteiger partial charge in [0.2, 0.25) is 0 Å². The van der Waals surface area contributed by atoms with E-state index in [1.807, 2.05) is 6.08 Å². The predicted molar refractivity (Wildman–Crippen MR) is 51.8 cm³/mol. The molecule has 0 aliphatic rings. The summed E-state index contributed by atoms with van der Waals surface area (Å²) >= 11 is 0. The molecule has 0 bridgehead atoms. The summed E-state index contributed by atoms with van der Waals surface area (Å²) in [6, 6.07) is 0. The number of unbranched alkanes of at least 4 members (excludes halogenated alkanes) is 1. The van der Waals surface area contributed by atoms with Crippen LogP contribution in [0.4, 0.5) is 0 Å². The van der Waals surface area contributed by atoms with Gasteiger partial charge >= 0.3 is 0 Å². The third kappa shape index (κ3) is 7.60. The molecule has 1 N–H and O–H groups in total. The summed E-state index contributed by atoms with van der Waals surface area (Å²) in [5.74, 6) is 0.740. The van der Waals surface area contributed by atoms with E-state index in [0.717, 1.165) is 25.4 Å². The molecule has 0 fully saturated rings. The lowest BCUT2D eigenvalue weighted by Crippen LogP contribution is -2.21. The molecule has 0 aromatic rings. The fraction of sp³-hybridized carbons (Fsp3) is 0.800. The van der Waals surface area contributed by atoms with Crippen molar-refractivity contribution in [2.75, 3.05) is 13.1 Å². The van der Waals surface area contributed by atoms with Crippen LogP contribution >= 0.6 is 0 Å². The Balaban J connectivity index is 3.03. The van der Waals surface area contributed by atoms with Gasteiger partial charge < -0.3 is 5.32 Å². The van der Waals surface area contributed by atoms with E-state index in [2.05, 4.69) is 25.7 Å². The van der Waals surface area contributed by atoms with Gasteiger partial charge in [0.05, 0.1) is 0 Å². The minimum Gasteiger partial charge on any atom is -0.316 e. The first kappa shape index (κ1) is 10.7. The van der Waals surface area contributed by atoms with Crippen LogP contribution in [0.15, 0.2) is 12.7 Å². The van der Waals surface area contributed by atoms with E-state index in [9.17, 15) is 0 Å². The molecule has 0 spiro atoms. The fourth-order valence-electron chi connectivity index (χ4n) is 1.02. The van der Waals surface area contributed by atoms with Crippen molar-refractivity contribution >= 4 is 0 Å². The molecule has 1 heteroatoms. The lowest BCUT2D eigenvalue weighted by Gasteiger charge is -2.09. The highest BCUT2D eigenvalue weighted by atomic mass is 14.8. The standard InChI is InChI=1S/C10H21N/c1-4-6-8-11-9-10(3)7-5-2/h5,10-11H,2,4,6-9H2,1,3H3. The molecular weight excluding hydrogens is 134 g/mol. The number of hydrogen-bond acceptors (Lipinski definition) is 1. The zero-order valence-electron chi connectivity index (χ0n) is 7.90. The number of allylic oxidation sites excluding steroid dienone is 1. The number of rotatable bonds is 7. The Morgan fingerprint density at radius 3 is 2.82 bits per heavy atom. The van der Waals surface area contributed by atoms with Crippen LogP contribution in [0, 0.1) is 5.92 Å². The Morgan fingerprint density at radius 1 is 1.55 bits per heavy atom. The molecule has 1 unspecified atom stereocenters. The summed E-state index contributed by atoms with van der Waals surface area (Å²) in [5, 5.41) is 3.42. The highest BCUT2D eigenvalue weighted by molar-refractivity contribution is 4.71. The van der Waals surface area contributed by atoms with E-state index in [0.29, 0.717) is 0 Å². The molecule has 1 nitrogen and oxygen atoms in total. The van der Waals surface area contributed by atoms with Gasteiger partial charge in [-0.1, -0.05) is 26.3 Å². The molecule has 11 heavy (non-hydrogen) atoms. The van der Waals surface area contributed by atoms with Gasteiger partial charge in [-0.15, -0.1) is 6.58 Å². The minimum atomic E-state index is 0.740. The normalized spacial score (nSPS) is 12.9. The average Bonchev–Trinajstić information content (AvgIpc) is 1.99. The molecule has 0 aliphatic carbocycles. The topological polar surface area (TPSA) is 12.0 Å². The number of hydrogen-bond donors (Lipinski definition) is 1. The number of nitrogens with one attached hydrogen (secondary N) is 1. The first-order valence-corrected chi connectivity index (χ1v) is 4.62. The fourth-order valence-corrected chi connectivity index (χ4v) is 1.02. The molecule has 0 aromatic heterocycles. The first-order valence-electron chi connectivity index (χ1n) is 4.62. The smallest absolute Gasteiger partial charge is 0.00202 e. The lowest BCUT2D eigenvalue weighted by atomic mass is 10.1. The Hall–Kier alpha value is -0.300. The molecule has 1 atom stereocenters. The zero-order chi connectivity index (χ0) is 8.53. The van der Waals surface area contributed by atoms with Crippen molar-refractivity contribution in [2.24, 2.45) is 5.92 Å². The van der Waals surface area contributed by atoms with Crippen LogP contribution in [0.25, 0.3) is 0 Å². The van der Waals surface area contributed by atoms with Crippen molar-refractivity contribution in [1.82, 2.24) is 5.32 Å². The van der Waals surface area contributed by atoms with Gasteiger partial charge in [0.1, 0.15) is 0 Å². The van der Waals surface area contributed by atoms with Crippen LogP contribution in [-0.2, 0) is 0 Å². The second-order valence-electron chi connectivity index (χ2n) is 3.19. The molecule has 0 heterocycles. The van der Waals surface area contributed by atoms with Gasteiger partial charge in [0.25, 0.3) is 0 Å². The maximum Gasteiger partial charge on any atom is -0.00202 e. The quantitative estimate of drug-likeness (QED) is 0.440. The van der Waals surface area contributed by atoms with Gasteiger partial charge in [-0.25, -0.2) is 0 Å². The molecular formula is C10H21N. The van der Waals surface area contributed by atoms with Gasteiger partial charge in [-0.2, -0.15) is 0 Å². The Morgan fingerprint density at radius 2 is 2.27 bits per heavy atom. The van der Waals surface area contributed by atoms with E-state index in [1.165, 1.54) is 12.8 Å². The molecule has 0 aromatic carbocycles. The maximum atomic E-state index is 3.72. The lowest BCUT2D eigenvalue weighted by molar-refractivity contribution is 0.511. The van der Waals surface area contributed by atoms with Crippen LogP contribution < -0.4 is 5.32 Å². The molecule has 0 aliphatic heterocycles. The van der Waals surface area contributed by atoms with Crippen molar-refractivity contribution in [1.29, 1.82) is 0 Å². The second kappa shape index (κ2) is 7.80. The van der Waals surface area contributed by atoms with Crippen molar-refractivity contribution in [3.8, 4) is 0 Å². The van der Waals surface area contributed by atoms with Crippen LogP contribution in [0.2, 0.25) is 0 Å². The first-order chi connectivity index (χ1) is 5.31. The maximum absolute atomic E-state index is 3.72. The van der Waals surface area contributed by atoms with Crippen molar-refractivity contribution < 1.29 is 0 Å².